The summed E-state index contributed by atoms with van der Waals surface area (Å²) < 4.78 is 10.8. The second-order valence-corrected chi connectivity index (χ2v) is 4.87. The summed E-state index contributed by atoms with van der Waals surface area (Å²) in [6, 6.07) is 5.75. The van der Waals surface area contributed by atoms with Crippen molar-refractivity contribution in [3.05, 3.63) is 42.5 Å². The number of hydrogen-bond donors (Lipinski definition) is 1. The highest BCUT2D eigenvalue weighted by atomic mass is 16.5. The molecule has 0 heterocycles. The van der Waals surface area contributed by atoms with Gasteiger partial charge in [0.25, 0.3) is 0 Å². The lowest BCUT2D eigenvalue weighted by atomic mass is 10.1. The smallest absolute Gasteiger partial charge is 0.244 e. The largest absolute Gasteiger partial charge is 0.493 e. The van der Waals surface area contributed by atoms with E-state index in [2.05, 4.69) is 25.7 Å². The number of nitrogens with one attached hydrogen (secondary N) is 1. The Labute approximate surface area is 132 Å². The Hall–Kier alpha value is -2.23. The van der Waals surface area contributed by atoms with Crippen molar-refractivity contribution in [2.24, 2.45) is 0 Å². The molecule has 0 saturated carbocycles. The number of rotatable bonds is 9. The maximum absolute atomic E-state index is 11.8. The number of hydrogen-bond acceptors (Lipinski definition) is 3. The molecule has 0 atom stereocenters. The van der Waals surface area contributed by atoms with Gasteiger partial charge in [-0.1, -0.05) is 32.6 Å². The molecule has 4 heteroatoms. The quantitative estimate of drug-likeness (QED) is 0.560. The summed E-state index contributed by atoms with van der Waals surface area (Å²) in [6.45, 7) is 8.15. The molecule has 1 amide bonds. The Kier molecular flexibility index (Phi) is 7.83. The summed E-state index contributed by atoms with van der Waals surface area (Å²) in [5.74, 6) is 1.20. The van der Waals surface area contributed by atoms with E-state index in [1.807, 2.05) is 18.2 Å². The zero-order valence-electron chi connectivity index (χ0n) is 13.6. The highest BCUT2D eigenvalue weighted by Gasteiger charge is 2.06. The number of carbonyl (C=O) groups excluding carboxylic acids is 1. The number of ether oxygens (including phenoxy) is 2. The molecule has 0 spiro atoms. The van der Waals surface area contributed by atoms with Gasteiger partial charge in [0, 0.05) is 12.1 Å². The van der Waals surface area contributed by atoms with Crippen molar-refractivity contribution in [2.45, 2.75) is 32.7 Å². The van der Waals surface area contributed by atoms with Gasteiger partial charge in [0.1, 0.15) is 6.61 Å². The van der Waals surface area contributed by atoms with Gasteiger partial charge in [-0.05, 0) is 36.6 Å². The monoisotopic (exact) mass is 303 g/mol. The Morgan fingerprint density at radius 2 is 2.05 bits per heavy atom. The molecule has 0 aliphatic carbocycles. The third-order valence-electron chi connectivity index (χ3n) is 3.30. The first-order chi connectivity index (χ1) is 10.6. The van der Waals surface area contributed by atoms with Crippen LogP contribution in [0.3, 0.4) is 0 Å². The molecule has 4 nitrogen and oxygen atoms in total. The second kappa shape index (κ2) is 9.66. The first-order valence-corrected chi connectivity index (χ1v) is 7.54. The van der Waals surface area contributed by atoms with E-state index in [1.165, 1.54) is 6.08 Å². The van der Waals surface area contributed by atoms with Crippen LogP contribution in [-0.2, 0) is 4.79 Å². The third kappa shape index (κ3) is 5.64. The van der Waals surface area contributed by atoms with Gasteiger partial charge in [0.05, 0.1) is 7.11 Å². The van der Waals surface area contributed by atoms with E-state index in [-0.39, 0.29) is 11.9 Å². The molecule has 0 aliphatic heterocycles. The van der Waals surface area contributed by atoms with Crippen LogP contribution in [-0.4, -0.2) is 25.7 Å². The Morgan fingerprint density at radius 1 is 1.32 bits per heavy atom. The lowest BCUT2D eigenvalue weighted by Gasteiger charge is -2.12. The molecule has 0 bridgehead atoms. The van der Waals surface area contributed by atoms with Crippen molar-refractivity contribution in [1.29, 1.82) is 0 Å². The maximum Gasteiger partial charge on any atom is 0.244 e. The molecule has 0 fully saturated rings. The summed E-state index contributed by atoms with van der Waals surface area (Å²) in [4.78, 5) is 11.8. The summed E-state index contributed by atoms with van der Waals surface area (Å²) >= 11 is 0. The van der Waals surface area contributed by atoms with Gasteiger partial charge in [0.15, 0.2) is 11.5 Å². The van der Waals surface area contributed by atoms with Crippen LogP contribution in [0.4, 0.5) is 0 Å². The Bertz CT molecular complexity index is 519. The van der Waals surface area contributed by atoms with Gasteiger partial charge >= 0.3 is 0 Å². The predicted octanol–water partition coefficient (Wildman–Crippen LogP) is 3.58. The second-order valence-electron chi connectivity index (χ2n) is 4.87. The first kappa shape index (κ1) is 17.8. The van der Waals surface area contributed by atoms with Crippen molar-refractivity contribution in [3.63, 3.8) is 0 Å². The normalized spacial score (nSPS) is 10.7. The van der Waals surface area contributed by atoms with Crippen LogP contribution in [0.5, 0.6) is 11.5 Å². The van der Waals surface area contributed by atoms with Gasteiger partial charge in [-0.15, -0.1) is 0 Å². The van der Waals surface area contributed by atoms with E-state index in [9.17, 15) is 4.79 Å². The van der Waals surface area contributed by atoms with Crippen molar-refractivity contribution in [2.75, 3.05) is 13.7 Å². The highest BCUT2D eigenvalue weighted by molar-refractivity contribution is 5.92. The summed E-state index contributed by atoms with van der Waals surface area (Å²) in [6.07, 6.45) is 6.84. The van der Waals surface area contributed by atoms with Crippen LogP contribution in [0, 0.1) is 0 Å². The molecule has 22 heavy (non-hydrogen) atoms. The molecule has 120 valence electrons. The average molecular weight is 303 g/mol. The number of benzene rings is 1. The summed E-state index contributed by atoms with van der Waals surface area (Å²) in [5, 5.41) is 2.96. The van der Waals surface area contributed by atoms with E-state index in [1.54, 1.807) is 19.3 Å². The Morgan fingerprint density at radius 3 is 2.64 bits per heavy atom. The molecule has 0 unspecified atom stereocenters. The molecule has 0 aromatic heterocycles. The predicted molar refractivity (Wildman–Crippen MR) is 90.2 cm³/mol. The van der Waals surface area contributed by atoms with E-state index in [0.29, 0.717) is 18.1 Å². The van der Waals surface area contributed by atoms with Crippen LogP contribution < -0.4 is 14.8 Å². The third-order valence-corrected chi connectivity index (χ3v) is 3.30. The minimum atomic E-state index is -0.0837. The van der Waals surface area contributed by atoms with Crippen molar-refractivity contribution >= 4 is 12.0 Å². The standard InChI is InChI=1S/C18H25NO3/c1-5-12-22-16-10-8-14(13-17(16)21-4)9-11-18(20)19-15(6-2)7-3/h5,8-11,13,15H,1,6-7,12H2,2-4H3,(H,19,20)/b11-9+. The maximum atomic E-state index is 11.8. The molecule has 1 aromatic carbocycles. The summed E-state index contributed by atoms with van der Waals surface area (Å²) in [7, 11) is 1.59. The SMILES string of the molecule is C=CCOc1ccc(/C=C/C(=O)NC(CC)CC)cc1OC. The van der Waals surface area contributed by atoms with Gasteiger partial charge in [-0.2, -0.15) is 0 Å². The van der Waals surface area contributed by atoms with E-state index >= 15 is 0 Å². The van der Waals surface area contributed by atoms with Gasteiger partial charge in [-0.25, -0.2) is 0 Å². The fraction of sp³-hybridized carbons (Fsp3) is 0.389. The topological polar surface area (TPSA) is 47.6 Å². The molecule has 0 aliphatic rings. The van der Waals surface area contributed by atoms with Gasteiger partial charge in [-0.3, -0.25) is 4.79 Å². The highest BCUT2D eigenvalue weighted by Crippen LogP contribution is 2.28. The minimum absolute atomic E-state index is 0.0837. The van der Waals surface area contributed by atoms with Gasteiger partial charge in [0.2, 0.25) is 5.91 Å². The van der Waals surface area contributed by atoms with Crippen LogP contribution in [0.25, 0.3) is 6.08 Å². The van der Waals surface area contributed by atoms with Crippen molar-refractivity contribution < 1.29 is 14.3 Å². The first-order valence-electron chi connectivity index (χ1n) is 7.54. The molecular formula is C18H25NO3. The van der Waals surface area contributed by atoms with Crippen LogP contribution in [0.2, 0.25) is 0 Å². The van der Waals surface area contributed by atoms with Crippen LogP contribution >= 0.6 is 0 Å². The van der Waals surface area contributed by atoms with Crippen molar-refractivity contribution in [3.8, 4) is 11.5 Å². The van der Waals surface area contributed by atoms with Gasteiger partial charge < -0.3 is 14.8 Å². The lowest BCUT2D eigenvalue weighted by Crippen LogP contribution is -2.32. The number of amides is 1. The lowest BCUT2D eigenvalue weighted by molar-refractivity contribution is -0.117. The molecular weight excluding hydrogens is 278 g/mol. The molecule has 0 saturated heterocycles. The Balaban J connectivity index is 2.74. The molecule has 1 N–H and O–H groups in total. The van der Waals surface area contributed by atoms with Crippen molar-refractivity contribution in [1.82, 2.24) is 5.32 Å². The van der Waals surface area contributed by atoms with Crippen LogP contribution in [0.1, 0.15) is 32.3 Å². The fourth-order valence-corrected chi connectivity index (χ4v) is 1.97. The number of methoxy groups -OCH3 is 1. The fourth-order valence-electron chi connectivity index (χ4n) is 1.97. The molecule has 0 radical (unpaired) electrons. The zero-order valence-corrected chi connectivity index (χ0v) is 13.6. The van der Waals surface area contributed by atoms with E-state index < -0.39 is 0 Å². The zero-order chi connectivity index (χ0) is 16.4. The summed E-state index contributed by atoms with van der Waals surface area (Å²) in [5.41, 5.74) is 0.877. The molecule has 1 rings (SSSR count). The van der Waals surface area contributed by atoms with Crippen LogP contribution in [0.15, 0.2) is 36.9 Å². The molecule has 1 aromatic rings. The van der Waals surface area contributed by atoms with E-state index in [0.717, 1.165) is 18.4 Å². The minimum Gasteiger partial charge on any atom is -0.493 e. The van der Waals surface area contributed by atoms with E-state index in [4.69, 9.17) is 9.47 Å². The average Bonchev–Trinajstić information content (AvgIpc) is 2.56. The number of carbonyl (C=O) groups is 1.